The van der Waals surface area contributed by atoms with Crippen molar-refractivity contribution in [3.63, 3.8) is 0 Å². The lowest BCUT2D eigenvalue weighted by Crippen LogP contribution is -2.41. The number of pyridine rings is 1. The van der Waals surface area contributed by atoms with E-state index < -0.39 is 0 Å². The maximum Gasteiger partial charge on any atom is 0.225 e. The first-order valence-corrected chi connectivity index (χ1v) is 7.24. The third-order valence-electron chi connectivity index (χ3n) is 4.40. The quantitative estimate of drug-likeness (QED) is 0.884. The second-order valence-corrected chi connectivity index (χ2v) is 5.69. The van der Waals surface area contributed by atoms with Gasteiger partial charge in [-0.05, 0) is 24.5 Å². The van der Waals surface area contributed by atoms with Gasteiger partial charge >= 0.3 is 0 Å². The Kier molecular flexibility index (Phi) is 3.51. The molecule has 102 valence electrons. The molecule has 1 aromatic heterocycles. The lowest BCUT2D eigenvalue weighted by atomic mass is 9.92. The summed E-state index contributed by atoms with van der Waals surface area (Å²) >= 11 is 0. The number of nitrogens with zero attached hydrogens (tertiary/aromatic N) is 2. The molecule has 1 saturated carbocycles. The van der Waals surface area contributed by atoms with E-state index in [1.807, 2.05) is 18.3 Å². The fraction of sp³-hybridized carbons (Fsp3) is 0.600. The molecule has 0 unspecified atom stereocenters. The Labute approximate surface area is 114 Å². The second kappa shape index (κ2) is 5.29. The average Bonchev–Trinajstić information content (AvgIpc) is 2.75. The van der Waals surface area contributed by atoms with E-state index in [0.29, 0.717) is 12.5 Å². The number of hydrogen-bond acceptors (Lipinski definition) is 3. The maximum absolute atomic E-state index is 12.3. The molecular weight excluding hydrogens is 238 g/mol. The molecule has 2 fully saturated rings. The Bertz CT molecular complexity index is 442. The molecule has 1 aliphatic carbocycles. The van der Waals surface area contributed by atoms with Crippen LogP contribution in [0, 0.1) is 0 Å². The molecule has 1 amide bonds. The number of amides is 1. The number of aromatic nitrogens is 1. The molecule has 2 atom stereocenters. The van der Waals surface area contributed by atoms with Crippen LogP contribution in [0.5, 0.6) is 0 Å². The van der Waals surface area contributed by atoms with Gasteiger partial charge in [-0.1, -0.05) is 25.3 Å². The summed E-state index contributed by atoms with van der Waals surface area (Å²) in [6.45, 7) is 0. The Balaban J connectivity index is 1.88. The first kappa shape index (κ1) is 12.6. The molecule has 1 aromatic rings. The Morgan fingerprint density at radius 2 is 2.05 bits per heavy atom. The summed E-state index contributed by atoms with van der Waals surface area (Å²) in [6.07, 6.45) is 10.1. The van der Waals surface area contributed by atoms with Crippen LogP contribution < -0.4 is 5.73 Å². The van der Waals surface area contributed by atoms with Crippen molar-refractivity contribution < 1.29 is 4.79 Å². The highest BCUT2D eigenvalue weighted by atomic mass is 16.2. The SMILES string of the molecule is N[C@@H]1CC(=O)N(C2CCCCC2)[C@@H]1c1cccnc1. The number of likely N-dealkylation sites (tertiary alicyclic amines) is 1. The van der Waals surface area contributed by atoms with E-state index in [1.54, 1.807) is 6.20 Å². The fourth-order valence-corrected chi connectivity index (χ4v) is 3.53. The summed E-state index contributed by atoms with van der Waals surface area (Å²) in [5, 5.41) is 0. The van der Waals surface area contributed by atoms with E-state index in [4.69, 9.17) is 5.73 Å². The number of nitrogens with two attached hydrogens (primary N) is 1. The molecular formula is C15H21N3O. The van der Waals surface area contributed by atoms with Crippen LogP contribution >= 0.6 is 0 Å². The highest BCUT2D eigenvalue weighted by Gasteiger charge is 2.42. The van der Waals surface area contributed by atoms with E-state index in [9.17, 15) is 4.79 Å². The molecule has 1 aliphatic heterocycles. The van der Waals surface area contributed by atoms with Crippen LogP contribution in [-0.4, -0.2) is 27.9 Å². The number of carbonyl (C=O) groups is 1. The molecule has 2 heterocycles. The van der Waals surface area contributed by atoms with Crippen molar-refractivity contribution >= 4 is 5.91 Å². The fourth-order valence-electron chi connectivity index (χ4n) is 3.53. The van der Waals surface area contributed by atoms with Crippen molar-refractivity contribution in [1.82, 2.24) is 9.88 Å². The lowest BCUT2D eigenvalue weighted by Gasteiger charge is -2.36. The van der Waals surface area contributed by atoms with Gasteiger partial charge in [0, 0.05) is 30.9 Å². The van der Waals surface area contributed by atoms with E-state index >= 15 is 0 Å². The molecule has 4 heteroatoms. The van der Waals surface area contributed by atoms with Gasteiger partial charge in [-0.15, -0.1) is 0 Å². The zero-order valence-corrected chi connectivity index (χ0v) is 11.2. The van der Waals surface area contributed by atoms with Gasteiger partial charge in [-0.2, -0.15) is 0 Å². The average molecular weight is 259 g/mol. The predicted octanol–water partition coefficient (Wildman–Crippen LogP) is 2.01. The van der Waals surface area contributed by atoms with Crippen molar-refractivity contribution in [1.29, 1.82) is 0 Å². The molecule has 1 saturated heterocycles. The molecule has 19 heavy (non-hydrogen) atoms. The second-order valence-electron chi connectivity index (χ2n) is 5.69. The number of rotatable bonds is 2. The van der Waals surface area contributed by atoms with Crippen LogP contribution in [-0.2, 0) is 4.79 Å². The smallest absolute Gasteiger partial charge is 0.225 e. The Morgan fingerprint density at radius 1 is 1.26 bits per heavy atom. The molecule has 0 spiro atoms. The summed E-state index contributed by atoms with van der Waals surface area (Å²) in [6, 6.07) is 4.25. The normalized spacial score (nSPS) is 28.9. The summed E-state index contributed by atoms with van der Waals surface area (Å²) in [7, 11) is 0. The van der Waals surface area contributed by atoms with Crippen molar-refractivity contribution in [2.75, 3.05) is 0 Å². The highest BCUT2D eigenvalue weighted by molar-refractivity contribution is 5.80. The molecule has 0 radical (unpaired) electrons. The molecule has 0 aromatic carbocycles. The predicted molar refractivity (Wildman–Crippen MR) is 73.3 cm³/mol. The third-order valence-corrected chi connectivity index (χ3v) is 4.40. The van der Waals surface area contributed by atoms with Gasteiger partial charge in [0.25, 0.3) is 0 Å². The van der Waals surface area contributed by atoms with Gasteiger partial charge in [-0.3, -0.25) is 9.78 Å². The van der Waals surface area contributed by atoms with Gasteiger partial charge < -0.3 is 10.6 Å². The molecule has 3 rings (SSSR count). The van der Waals surface area contributed by atoms with Crippen molar-refractivity contribution in [3.8, 4) is 0 Å². The van der Waals surface area contributed by atoms with Gasteiger partial charge in [0.05, 0.1) is 6.04 Å². The zero-order valence-electron chi connectivity index (χ0n) is 11.2. The van der Waals surface area contributed by atoms with Crippen molar-refractivity contribution in [3.05, 3.63) is 30.1 Å². The van der Waals surface area contributed by atoms with Crippen molar-refractivity contribution in [2.45, 2.75) is 56.7 Å². The minimum Gasteiger partial charge on any atom is -0.331 e. The van der Waals surface area contributed by atoms with E-state index in [1.165, 1.54) is 19.3 Å². The Hall–Kier alpha value is -1.42. The van der Waals surface area contributed by atoms with Crippen LogP contribution in [0.25, 0.3) is 0 Å². The largest absolute Gasteiger partial charge is 0.331 e. The highest BCUT2D eigenvalue weighted by Crippen LogP contribution is 2.37. The first-order valence-electron chi connectivity index (χ1n) is 7.24. The van der Waals surface area contributed by atoms with E-state index in [-0.39, 0.29) is 18.0 Å². The lowest BCUT2D eigenvalue weighted by molar-refractivity contribution is -0.132. The molecule has 0 bridgehead atoms. The number of hydrogen-bond donors (Lipinski definition) is 1. The van der Waals surface area contributed by atoms with Gasteiger partial charge in [0.1, 0.15) is 0 Å². The van der Waals surface area contributed by atoms with Gasteiger partial charge in [0.15, 0.2) is 0 Å². The Morgan fingerprint density at radius 3 is 2.74 bits per heavy atom. The summed E-state index contributed by atoms with van der Waals surface area (Å²) in [4.78, 5) is 18.5. The topological polar surface area (TPSA) is 59.2 Å². The van der Waals surface area contributed by atoms with Crippen LogP contribution in [0.1, 0.15) is 50.1 Å². The molecule has 4 nitrogen and oxygen atoms in total. The van der Waals surface area contributed by atoms with Crippen LogP contribution in [0.3, 0.4) is 0 Å². The van der Waals surface area contributed by atoms with E-state index in [0.717, 1.165) is 18.4 Å². The third kappa shape index (κ3) is 2.37. The molecule has 2 aliphatic rings. The maximum atomic E-state index is 12.3. The first-order chi connectivity index (χ1) is 9.27. The van der Waals surface area contributed by atoms with Gasteiger partial charge in [-0.25, -0.2) is 0 Å². The van der Waals surface area contributed by atoms with Crippen molar-refractivity contribution in [2.24, 2.45) is 5.73 Å². The van der Waals surface area contributed by atoms with Crippen LogP contribution in [0.4, 0.5) is 0 Å². The monoisotopic (exact) mass is 259 g/mol. The zero-order chi connectivity index (χ0) is 13.2. The number of carbonyl (C=O) groups excluding carboxylic acids is 1. The summed E-state index contributed by atoms with van der Waals surface area (Å²) < 4.78 is 0. The summed E-state index contributed by atoms with van der Waals surface area (Å²) in [5.74, 6) is 0.216. The minimum absolute atomic E-state index is 0.0179. The minimum atomic E-state index is -0.0985. The van der Waals surface area contributed by atoms with Gasteiger partial charge in [0.2, 0.25) is 5.91 Å². The molecule has 2 N–H and O–H groups in total. The standard InChI is InChI=1S/C15H21N3O/c16-13-9-14(19)18(12-6-2-1-3-7-12)15(13)11-5-4-8-17-10-11/h4-5,8,10,12-13,15H,1-3,6-7,9,16H2/t13-,15-/m1/s1. The van der Waals surface area contributed by atoms with E-state index in [2.05, 4.69) is 9.88 Å². The summed E-state index contributed by atoms with van der Waals surface area (Å²) in [5.41, 5.74) is 7.28. The van der Waals surface area contributed by atoms with Crippen LogP contribution in [0.2, 0.25) is 0 Å². The van der Waals surface area contributed by atoms with Crippen LogP contribution in [0.15, 0.2) is 24.5 Å².